The van der Waals surface area contributed by atoms with E-state index in [0.717, 1.165) is 4.31 Å². The third-order valence-corrected chi connectivity index (χ3v) is 6.18. The second kappa shape index (κ2) is 9.55. The molecule has 26 heavy (non-hydrogen) atoms. The van der Waals surface area contributed by atoms with Gasteiger partial charge in [-0.25, -0.2) is 0 Å². The number of amides is 1. The molecule has 2 rings (SSSR count). The molecule has 1 saturated heterocycles. The van der Waals surface area contributed by atoms with Gasteiger partial charge >= 0.3 is 0 Å². The van der Waals surface area contributed by atoms with Crippen LogP contribution in [-0.4, -0.2) is 63.4 Å². The number of ether oxygens (including phenoxy) is 1. The number of hydrogen-bond donors (Lipinski definition) is 1. The highest BCUT2D eigenvalue weighted by Gasteiger charge is 2.26. The highest BCUT2D eigenvalue weighted by molar-refractivity contribution is 7.87. The van der Waals surface area contributed by atoms with E-state index in [1.54, 1.807) is 17.0 Å². The molecule has 1 fully saturated rings. The molecule has 1 heterocycles. The Morgan fingerprint density at radius 3 is 2.58 bits per heavy atom. The van der Waals surface area contributed by atoms with Crippen LogP contribution in [0.2, 0.25) is 5.02 Å². The van der Waals surface area contributed by atoms with Gasteiger partial charge in [-0.2, -0.15) is 17.4 Å². The lowest BCUT2D eigenvalue weighted by atomic mass is 10.1. The molecule has 0 bridgehead atoms. The van der Waals surface area contributed by atoms with Crippen LogP contribution >= 0.6 is 11.6 Å². The zero-order chi connectivity index (χ0) is 19.2. The van der Waals surface area contributed by atoms with Gasteiger partial charge in [0.2, 0.25) is 5.91 Å². The fourth-order valence-electron chi connectivity index (χ4n) is 2.69. The molecule has 146 valence electrons. The SMILES string of the molecule is CN(C)S(=O)(=O)NC1CCN(C(=O)CCCOc2ccccc2Cl)CC1. The third-order valence-electron chi connectivity index (χ3n) is 4.27. The predicted octanol–water partition coefficient (Wildman–Crippen LogP) is 1.89. The molecule has 0 atom stereocenters. The normalized spacial score (nSPS) is 16.1. The van der Waals surface area contributed by atoms with Crippen molar-refractivity contribution < 1.29 is 17.9 Å². The molecule has 1 amide bonds. The summed E-state index contributed by atoms with van der Waals surface area (Å²) < 4.78 is 33.1. The summed E-state index contributed by atoms with van der Waals surface area (Å²) in [6.45, 7) is 1.55. The molecule has 9 heteroatoms. The van der Waals surface area contributed by atoms with Gasteiger partial charge in [0.15, 0.2) is 0 Å². The van der Waals surface area contributed by atoms with Crippen molar-refractivity contribution in [3.8, 4) is 5.75 Å². The summed E-state index contributed by atoms with van der Waals surface area (Å²) in [5, 5.41) is 0.557. The zero-order valence-corrected chi connectivity index (χ0v) is 16.7. The number of carbonyl (C=O) groups is 1. The quantitative estimate of drug-likeness (QED) is 0.672. The third kappa shape index (κ3) is 6.12. The van der Waals surface area contributed by atoms with Crippen molar-refractivity contribution in [2.24, 2.45) is 0 Å². The van der Waals surface area contributed by atoms with Gasteiger partial charge in [-0.05, 0) is 31.4 Å². The number of rotatable bonds is 8. The first-order valence-electron chi connectivity index (χ1n) is 8.64. The van der Waals surface area contributed by atoms with Crippen molar-refractivity contribution in [1.29, 1.82) is 0 Å². The van der Waals surface area contributed by atoms with Crippen molar-refractivity contribution in [2.75, 3.05) is 33.8 Å². The Morgan fingerprint density at radius 2 is 1.96 bits per heavy atom. The highest BCUT2D eigenvalue weighted by atomic mass is 35.5. The first-order chi connectivity index (χ1) is 12.3. The van der Waals surface area contributed by atoms with E-state index in [1.807, 2.05) is 12.1 Å². The number of carbonyl (C=O) groups excluding carboxylic acids is 1. The number of piperidine rings is 1. The van der Waals surface area contributed by atoms with E-state index in [2.05, 4.69) is 4.72 Å². The molecular weight excluding hydrogens is 378 g/mol. The molecule has 0 aromatic heterocycles. The minimum absolute atomic E-state index is 0.0710. The van der Waals surface area contributed by atoms with Gasteiger partial charge in [0.1, 0.15) is 5.75 Å². The lowest BCUT2D eigenvalue weighted by Gasteiger charge is -2.32. The molecule has 1 N–H and O–H groups in total. The maximum Gasteiger partial charge on any atom is 0.279 e. The van der Waals surface area contributed by atoms with Crippen LogP contribution in [0.3, 0.4) is 0 Å². The Balaban J connectivity index is 1.68. The average Bonchev–Trinajstić information content (AvgIpc) is 2.60. The maximum atomic E-state index is 12.3. The summed E-state index contributed by atoms with van der Waals surface area (Å²) >= 11 is 6.01. The fourth-order valence-corrected chi connectivity index (χ4v) is 3.75. The number of nitrogens with zero attached hydrogens (tertiary/aromatic N) is 2. The van der Waals surface area contributed by atoms with Gasteiger partial charge < -0.3 is 9.64 Å². The van der Waals surface area contributed by atoms with Crippen molar-refractivity contribution in [1.82, 2.24) is 13.9 Å². The van der Waals surface area contributed by atoms with Gasteiger partial charge in [0.05, 0.1) is 11.6 Å². The molecule has 1 aromatic carbocycles. The molecule has 0 aliphatic carbocycles. The topological polar surface area (TPSA) is 79.0 Å². The lowest BCUT2D eigenvalue weighted by molar-refractivity contribution is -0.132. The minimum atomic E-state index is -3.43. The van der Waals surface area contributed by atoms with Crippen LogP contribution in [0.5, 0.6) is 5.75 Å². The van der Waals surface area contributed by atoms with Gasteiger partial charge in [-0.15, -0.1) is 0 Å². The first-order valence-corrected chi connectivity index (χ1v) is 10.5. The summed E-state index contributed by atoms with van der Waals surface area (Å²) in [5.41, 5.74) is 0. The Labute approximate surface area is 160 Å². The van der Waals surface area contributed by atoms with Gasteiger partial charge in [-0.3, -0.25) is 4.79 Å². The molecule has 0 spiro atoms. The Kier molecular flexibility index (Phi) is 7.69. The van der Waals surface area contributed by atoms with Crippen LogP contribution < -0.4 is 9.46 Å². The molecule has 1 aliphatic heterocycles. The van der Waals surface area contributed by atoms with Crippen molar-refractivity contribution in [2.45, 2.75) is 31.7 Å². The number of likely N-dealkylation sites (tertiary alicyclic amines) is 1. The van der Waals surface area contributed by atoms with E-state index in [1.165, 1.54) is 14.1 Å². The summed E-state index contributed by atoms with van der Waals surface area (Å²) in [5.74, 6) is 0.692. The van der Waals surface area contributed by atoms with E-state index >= 15 is 0 Å². The van der Waals surface area contributed by atoms with E-state index < -0.39 is 10.2 Å². The average molecular weight is 404 g/mol. The van der Waals surface area contributed by atoms with Crippen LogP contribution in [0.15, 0.2) is 24.3 Å². The fraction of sp³-hybridized carbons (Fsp3) is 0.588. The van der Waals surface area contributed by atoms with Crippen LogP contribution in [0.25, 0.3) is 0 Å². The molecule has 7 nitrogen and oxygen atoms in total. The molecule has 0 saturated carbocycles. The standard InChI is InChI=1S/C17H26ClN3O4S/c1-20(2)26(23,24)19-14-9-11-21(12-10-14)17(22)8-5-13-25-16-7-4-3-6-15(16)18/h3-4,6-7,14,19H,5,8-13H2,1-2H3. The van der Waals surface area contributed by atoms with Crippen LogP contribution in [0, 0.1) is 0 Å². The number of para-hydroxylation sites is 1. The van der Waals surface area contributed by atoms with E-state index in [-0.39, 0.29) is 11.9 Å². The summed E-state index contributed by atoms with van der Waals surface area (Å²) in [7, 11) is -0.447. The summed E-state index contributed by atoms with van der Waals surface area (Å²) in [4.78, 5) is 14.1. The van der Waals surface area contributed by atoms with Crippen molar-refractivity contribution >= 4 is 27.7 Å². The maximum absolute atomic E-state index is 12.3. The van der Waals surface area contributed by atoms with Gasteiger partial charge in [0.25, 0.3) is 10.2 Å². The first kappa shape index (κ1) is 21.0. The van der Waals surface area contributed by atoms with E-state index in [4.69, 9.17) is 16.3 Å². The second-order valence-electron chi connectivity index (χ2n) is 6.44. The van der Waals surface area contributed by atoms with E-state index in [9.17, 15) is 13.2 Å². The molecule has 0 unspecified atom stereocenters. The zero-order valence-electron chi connectivity index (χ0n) is 15.2. The van der Waals surface area contributed by atoms with Crippen LogP contribution in [0.4, 0.5) is 0 Å². The molecular formula is C17H26ClN3O4S. The monoisotopic (exact) mass is 403 g/mol. The van der Waals surface area contributed by atoms with Crippen molar-refractivity contribution in [3.63, 3.8) is 0 Å². The Bertz CT molecular complexity index is 704. The van der Waals surface area contributed by atoms with Crippen LogP contribution in [0.1, 0.15) is 25.7 Å². The van der Waals surface area contributed by atoms with Crippen LogP contribution in [-0.2, 0) is 15.0 Å². The Morgan fingerprint density at radius 1 is 1.31 bits per heavy atom. The largest absolute Gasteiger partial charge is 0.492 e. The van der Waals surface area contributed by atoms with Gasteiger partial charge in [-0.1, -0.05) is 23.7 Å². The molecule has 1 aliphatic rings. The number of nitrogens with one attached hydrogen (secondary N) is 1. The number of hydrogen-bond acceptors (Lipinski definition) is 4. The van der Waals surface area contributed by atoms with Crippen molar-refractivity contribution in [3.05, 3.63) is 29.3 Å². The lowest BCUT2D eigenvalue weighted by Crippen LogP contribution is -2.49. The highest BCUT2D eigenvalue weighted by Crippen LogP contribution is 2.23. The number of benzene rings is 1. The predicted molar refractivity (Wildman–Crippen MR) is 102 cm³/mol. The molecule has 1 aromatic rings. The number of halogens is 1. The van der Waals surface area contributed by atoms with Gasteiger partial charge in [0, 0.05) is 39.6 Å². The Hall–Kier alpha value is -1.35. The van der Waals surface area contributed by atoms with E-state index in [0.29, 0.717) is 56.2 Å². The summed E-state index contributed by atoms with van der Waals surface area (Å²) in [6, 6.07) is 7.11. The second-order valence-corrected chi connectivity index (χ2v) is 8.77. The minimum Gasteiger partial charge on any atom is -0.492 e. The smallest absolute Gasteiger partial charge is 0.279 e. The molecule has 0 radical (unpaired) electrons. The summed E-state index contributed by atoms with van der Waals surface area (Å²) in [6.07, 6.45) is 2.25.